The number of thiazole rings is 1. The van der Waals surface area contributed by atoms with Crippen LogP contribution < -0.4 is 4.90 Å². The van der Waals surface area contributed by atoms with E-state index >= 15 is 0 Å². The fraction of sp³-hybridized carbons (Fsp3) is 0.444. The summed E-state index contributed by atoms with van der Waals surface area (Å²) < 4.78 is 1.18. The highest BCUT2D eigenvalue weighted by atomic mass is 32.1. The van der Waals surface area contributed by atoms with Crippen molar-refractivity contribution in [1.82, 2.24) is 14.8 Å². The highest BCUT2D eigenvalue weighted by Gasteiger charge is 2.45. The van der Waals surface area contributed by atoms with Gasteiger partial charge < -0.3 is 4.90 Å². The first-order chi connectivity index (χ1) is 12.6. The standard InChI is InChI=1S/C18H20N4O3S/c1-2-21-16(23)17(24)22(18(21)25)11-20-9-5-6-12(10-20)15-19-13-7-3-4-8-14(13)26-15/h3-4,7-8,12H,2,5-6,9-11H2,1H3/p+1/t12-/m1/s1. The van der Waals surface area contributed by atoms with Gasteiger partial charge in [0.05, 0.1) is 29.2 Å². The van der Waals surface area contributed by atoms with E-state index in [1.165, 1.54) is 4.70 Å². The lowest BCUT2D eigenvalue weighted by Gasteiger charge is -2.30. The van der Waals surface area contributed by atoms with Crippen LogP contribution in [0.2, 0.25) is 0 Å². The first-order valence-electron chi connectivity index (χ1n) is 8.95. The summed E-state index contributed by atoms with van der Waals surface area (Å²) in [5.74, 6) is -1.09. The van der Waals surface area contributed by atoms with E-state index in [9.17, 15) is 14.4 Å². The summed E-state index contributed by atoms with van der Waals surface area (Å²) in [6.45, 7) is 3.88. The van der Waals surface area contributed by atoms with Gasteiger partial charge in [0.25, 0.3) is 0 Å². The molecule has 2 aliphatic heterocycles. The third-order valence-electron chi connectivity index (χ3n) is 5.11. The highest BCUT2D eigenvalue weighted by molar-refractivity contribution is 7.18. The second-order valence-electron chi connectivity index (χ2n) is 6.79. The Bertz CT molecular complexity index is 847. The van der Waals surface area contributed by atoms with Gasteiger partial charge in [-0.25, -0.2) is 14.7 Å². The highest BCUT2D eigenvalue weighted by Crippen LogP contribution is 2.30. The molecule has 2 aliphatic rings. The van der Waals surface area contributed by atoms with Crippen LogP contribution in [0, 0.1) is 0 Å². The van der Waals surface area contributed by atoms with Crippen LogP contribution in [0.4, 0.5) is 4.79 Å². The van der Waals surface area contributed by atoms with Crippen molar-refractivity contribution in [1.29, 1.82) is 0 Å². The second kappa shape index (κ2) is 6.77. The molecule has 2 saturated heterocycles. The number of para-hydroxylation sites is 1. The van der Waals surface area contributed by atoms with Gasteiger partial charge in [-0.2, -0.15) is 0 Å². The summed E-state index contributed by atoms with van der Waals surface area (Å²) in [4.78, 5) is 44.3. The number of hydrogen-bond donors (Lipinski definition) is 1. The number of likely N-dealkylation sites (N-methyl/N-ethyl adjacent to an activating group) is 1. The van der Waals surface area contributed by atoms with Crippen LogP contribution in [0.1, 0.15) is 30.7 Å². The minimum Gasteiger partial charge on any atom is -0.317 e. The van der Waals surface area contributed by atoms with Gasteiger partial charge in [0.15, 0.2) is 6.67 Å². The quantitative estimate of drug-likeness (QED) is 0.636. The van der Waals surface area contributed by atoms with Crippen LogP contribution in [0.5, 0.6) is 0 Å². The van der Waals surface area contributed by atoms with E-state index in [-0.39, 0.29) is 13.2 Å². The molecule has 1 unspecified atom stereocenters. The summed E-state index contributed by atoms with van der Waals surface area (Å²) in [7, 11) is 0. The first kappa shape index (κ1) is 17.1. The number of carbonyl (C=O) groups excluding carboxylic acids is 3. The molecular weight excluding hydrogens is 352 g/mol. The van der Waals surface area contributed by atoms with Crippen molar-refractivity contribution in [2.45, 2.75) is 25.7 Å². The van der Waals surface area contributed by atoms with E-state index < -0.39 is 17.8 Å². The average molecular weight is 373 g/mol. The third kappa shape index (κ3) is 2.89. The zero-order valence-electron chi connectivity index (χ0n) is 14.6. The number of piperidine rings is 1. The predicted octanol–water partition coefficient (Wildman–Crippen LogP) is 0.827. The van der Waals surface area contributed by atoms with Crippen LogP contribution in [-0.4, -0.2) is 58.9 Å². The van der Waals surface area contributed by atoms with Crippen LogP contribution >= 0.6 is 11.3 Å². The molecule has 136 valence electrons. The maximum absolute atomic E-state index is 12.3. The van der Waals surface area contributed by atoms with Crippen molar-refractivity contribution in [3.8, 4) is 0 Å². The Morgan fingerprint density at radius 1 is 1.19 bits per heavy atom. The van der Waals surface area contributed by atoms with E-state index in [1.54, 1.807) is 18.3 Å². The fourth-order valence-electron chi connectivity index (χ4n) is 3.76. The zero-order chi connectivity index (χ0) is 18.3. The molecule has 0 radical (unpaired) electrons. The number of nitrogens with zero attached hydrogens (tertiary/aromatic N) is 3. The number of nitrogens with one attached hydrogen (secondary N) is 1. The molecule has 0 spiro atoms. The number of urea groups is 1. The summed E-state index contributed by atoms with van der Waals surface area (Å²) >= 11 is 1.72. The molecule has 2 atom stereocenters. The Labute approximate surface area is 155 Å². The monoisotopic (exact) mass is 373 g/mol. The number of fused-ring (bicyclic) bond motifs is 1. The van der Waals surface area contributed by atoms with Gasteiger partial charge in [0.2, 0.25) is 0 Å². The zero-order valence-corrected chi connectivity index (χ0v) is 15.4. The van der Waals surface area contributed by atoms with Crippen molar-refractivity contribution in [2.24, 2.45) is 0 Å². The number of aromatic nitrogens is 1. The van der Waals surface area contributed by atoms with Crippen molar-refractivity contribution in [3.05, 3.63) is 29.3 Å². The number of carbonyl (C=O) groups is 3. The maximum atomic E-state index is 12.3. The maximum Gasteiger partial charge on any atom is 0.338 e. The summed E-state index contributed by atoms with van der Waals surface area (Å²) in [6.07, 6.45) is 2.07. The van der Waals surface area contributed by atoms with Crippen LogP contribution in [-0.2, 0) is 9.59 Å². The SMILES string of the molecule is CCN1C(=O)C(=O)N(C[NH+]2CCC[C@@H](c3nc4ccccc4s3)C2)C1=O. The van der Waals surface area contributed by atoms with E-state index in [2.05, 4.69) is 6.07 Å². The number of rotatable bonds is 4. The van der Waals surface area contributed by atoms with Crippen LogP contribution in [0.15, 0.2) is 24.3 Å². The Kier molecular flexibility index (Phi) is 4.46. The number of benzene rings is 1. The van der Waals surface area contributed by atoms with Gasteiger partial charge in [-0.15, -0.1) is 11.3 Å². The van der Waals surface area contributed by atoms with Gasteiger partial charge >= 0.3 is 17.8 Å². The van der Waals surface area contributed by atoms with Gasteiger partial charge in [0, 0.05) is 6.54 Å². The molecule has 2 fully saturated rings. The van der Waals surface area contributed by atoms with Crippen LogP contribution in [0.25, 0.3) is 10.2 Å². The van der Waals surface area contributed by atoms with E-state index in [0.29, 0.717) is 5.92 Å². The Morgan fingerprint density at radius 2 is 1.96 bits per heavy atom. The van der Waals surface area contributed by atoms with E-state index in [4.69, 9.17) is 4.98 Å². The predicted molar refractivity (Wildman–Crippen MR) is 96.8 cm³/mol. The molecule has 0 saturated carbocycles. The molecule has 1 N–H and O–H groups in total. The lowest BCUT2D eigenvalue weighted by Crippen LogP contribution is -3.15. The van der Waals surface area contributed by atoms with Crippen molar-refractivity contribution < 1.29 is 19.3 Å². The lowest BCUT2D eigenvalue weighted by atomic mass is 9.99. The molecule has 8 heteroatoms. The molecule has 1 aromatic carbocycles. The average Bonchev–Trinajstić information content (AvgIpc) is 3.17. The molecule has 3 heterocycles. The minimum atomic E-state index is -0.711. The Morgan fingerprint density at radius 3 is 2.69 bits per heavy atom. The molecule has 4 rings (SSSR count). The third-order valence-corrected chi connectivity index (χ3v) is 6.31. The number of likely N-dealkylation sites (tertiary alicyclic amines) is 1. The Balaban J connectivity index is 1.48. The molecule has 1 aromatic heterocycles. The van der Waals surface area contributed by atoms with Gasteiger partial charge in [-0.05, 0) is 31.9 Å². The summed E-state index contributed by atoms with van der Waals surface area (Å²) in [5.41, 5.74) is 1.02. The molecule has 4 amide bonds. The van der Waals surface area contributed by atoms with Crippen molar-refractivity contribution >= 4 is 39.4 Å². The summed E-state index contributed by atoms with van der Waals surface area (Å²) in [5, 5.41) is 1.12. The van der Waals surface area contributed by atoms with Crippen LogP contribution in [0.3, 0.4) is 0 Å². The number of imide groups is 2. The van der Waals surface area contributed by atoms with Crippen molar-refractivity contribution in [3.63, 3.8) is 0 Å². The molecule has 2 aromatic rings. The van der Waals surface area contributed by atoms with E-state index in [0.717, 1.165) is 51.2 Å². The van der Waals surface area contributed by atoms with Gasteiger partial charge in [-0.1, -0.05) is 12.1 Å². The minimum absolute atomic E-state index is 0.226. The fourth-order valence-corrected chi connectivity index (χ4v) is 4.86. The largest absolute Gasteiger partial charge is 0.338 e. The summed E-state index contributed by atoms with van der Waals surface area (Å²) in [6, 6.07) is 7.62. The molecule has 0 bridgehead atoms. The van der Waals surface area contributed by atoms with E-state index in [1.807, 2.05) is 18.2 Å². The normalized spacial score (nSPS) is 24.1. The van der Waals surface area contributed by atoms with Gasteiger partial charge in [0.1, 0.15) is 5.01 Å². The number of quaternary nitrogens is 1. The molecular formula is C18H21N4O3S+. The second-order valence-corrected chi connectivity index (χ2v) is 7.85. The molecule has 0 aliphatic carbocycles. The topological polar surface area (TPSA) is 75.0 Å². The lowest BCUT2D eigenvalue weighted by molar-refractivity contribution is -0.913. The smallest absolute Gasteiger partial charge is 0.317 e. The van der Waals surface area contributed by atoms with Crippen molar-refractivity contribution in [2.75, 3.05) is 26.3 Å². The number of hydrogen-bond acceptors (Lipinski definition) is 5. The Hall–Kier alpha value is -2.32. The first-order valence-corrected chi connectivity index (χ1v) is 9.76. The number of amides is 4. The van der Waals surface area contributed by atoms with Gasteiger partial charge in [-0.3, -0.25) is 14.5 Å². The molecule has 7 nitrogen and oxygen atoms in total. The molecule has 26 heavy (non-hydrogen) atoms.